The molecule has 2 atom stereocenters. The zero-order valence-corrected chi connectivity index (χ0v) is 11.1. The van der Waals surface area contributed by atoms with Gasteiger partial charge in [0.25, 0.3) is 0 Å². The second-order valence-electron chi connectivity index (χ2n) is 6.12. The number of methoxy groups -OCH3 is 1. The van der Waals surface area contributed by atoms with E-state index in [0.717, 1.165) is 0 Å². The predicted molar refractivity (Wildman–Crippen MR) is 62.2 cm³/mol. The van der Waals surface area contributed by atoms with E-state index in [-0.39, 0.29) is 23.0 Å². The molecule has 0 spiro atoms. The van der Waals surface area contributed by atoms with Gasteiger partial charge in [0.1, 0.15) is 0 Å². The van der Waals surface area contributed by atoms with Gasteiger partial charge in [-0.3, -0.25) is 0 Å². The zero-order valence-electron chi connectivity index (χ0n) is 11.1. The minimum atomic E-state index is -0.501. The van der Waals surface area contributed by atoms with Gasteiger partial charge in [0.05, 0.1) is 19.8 Å². The van der Waals surface area contributed by atoms with E-state index in [1.165, 1.54) is 7.11 Å². The molecule has 1 N–H and O–H groups in total. The van der Waals surface area contributed by atoms with Gasteiger partial charge >= 0.3 is 5.97 Å². The number of ether oxygens (including phenoxy) is 2. The Balaban J connectivity index is 2.84. The molecule has 1 fully saturated rings. The number of carbonyl (C=O) groups is 1. The van der Waals surface area contributed by atoms with Crippen LogP contribution in [0.2, 0.25) is 0 Å². The molecule has 0 radical (unpaired) electrons. The van der Waals surface area contributed by atoms with Crippen LogP contribution in [0.1, 0.15) is 34.6 Å². The van der Waals surface area contributed by atoms with Crippen molar-refractivity contribution in [2.75, 3.05) is 13.7 Å². The van der Waals surface area contributed by atoms with Crippen LogP contribution in [0.4, 0.5) is 0 Å². The molecule has 4 nitrogen and oxygen atoms in total. The Kier molecular flexibility index (Phi) is 3.65. The van der Waals surface area contributed by atoms with E-state index < -0.39 is 6.10 Å². The Bertz CT molecular complexity index is 268. The fourth-order valence-corrected chi connectivity index (χ4v) is 1.96. The van der Waals surface area contributed by atoms with Crippen molar-refractivity contribution in [2.45, 2.75) is 52.3 Å². The fraction of sp³-hybridized carbons (Fsp3) is 0.917. The average molecular weight is 229 g/mol. The first-order chi connectivity index (χ1) is 7.17. The van der Waals surface area contributed by atoms with Crippen molar-refractivity contribution in [3.63, 3.8) is 0 Å². The van der Waals surface area contributed by atoms with E-state index in [0.29, 0.717) is 6.61 Å². The highest BCUT2D eigenvalue weighted by Gasteiger charge is 2.48. The lowest BCUT2D eigenvalue weighted by molar-refractivity contribution is -0.152. The minimum Gasteiger partial charge on any atom is -0.467 e. The third-order valence-electron chi connectivity index (χ3n) is 2.80. The predicted octanol–water partition coefficient (Wildman–Crippen LogP) is 1.34. The highest BCUT2D eigenvalue weighted by molar-refractivity contribution is 5.76. The third kappa shape index (κ3) is 2.95. The molecule has 4 heteroatoms. The van der Waals surface area contributed by atoms with E-state index >= 15 is 0 Å². The standard InChI is InChI=1S/C12H23NO3/c1-11(2,3)13-9-8(10(14)15-6)16-7-12(9,4)5/h8-9,13H,7H2,1-6H3/t8-,9-/m0/s1. The molecule has 0 unspecified atom stereocenters. The molecule has 1 saturated heterocycles. The third-order valence-corrected chi connectivity index (χ3v) is 2.80. The zero-order chi connectivity index (χ0) is 12.6. The molecule has 1 heterocycles. The molecular weight excluding hydrogens is 206 g/mol. The van der Waals surface area contributed by atoms with Crippen LogP contribution in [0, 0.1) is 5.41 Å². The second kappa shape index (κ2) is 4.34. The smallest absolute Gasteiger partial charge is 0.336 e. The van der Waals surface area contributed by atoms with E-state index in [1.807, 2.05) is 0 Å². The van der Waals surface area contributed by atoms with Crippen LogP contribution in [0.5, 0.6) is 0 Å². The molecule has 94 valence electrons. The summed E-state index contributed by atoms with van der Waals surface area (Å²) in [6, 6.07) is -0.0139. The molecule has 0 aromatic carbocycles. The van der Waals surface area contributed by atoms with Gasteiger partial charge < -0.3 is 14.8 Å². The SMILES string of the molecule is COC(=O)[C@H]1OCC(C)(C)[C@H]1NC(C)(C)C. The summed E-state index contributed by atoms with van der Waals surface area (Å²) in [4.78, 5) is 11.6. The number of hydrogen-bond donors (Lipinski definition) is 1. The lowest BCUT2D eigenvalue weighted by Gasteiger charge is -2.34. The van der Waals surface area contributed by atoms with Crippen LogP contribution in [-0.2, 0) is 14.3 Å². The summed E-state index contributed by atoms with van der Waals surface area (Å²) in [6.45, 7) is 11.0. The van der Waals surface area contributed by atoms with E-state index in [9.17, 15) is 4.79 Å². The fourth-order valence-electron chi connectivity index (χ4n) is 1.96. The van der Waals surface area contributed by atoms with E-state index in [2.05, 4.69) is 39.9 Å². The molecule has 0 aromatic heterocycles. The van der Waals surface area contributed by atoms with Gasteiger partial charge in [0.2, 0.25) is 0 Å². The quantitative estimate of drug-likeness (QED) is 0.726. The first kappa shape index (κ1) is 13.5. The summed E-state index contributed by atoms with van der Waals surface area (Å²) < 4.78 is 10.3. The Morgan fingerprint density at radius 1 is 1.44 bits per heavy atom. The van der Waals surface area contributed by atoms with Crippen LogP contribution in [0.15, 0.2) is 0 Å². The lowest BCUT2D eigenvalue weighted by atomic mass is 9.83. The molecule has 0 aliphatic carbocycles. The largest absolute Gasteiger partial charge is 0.467 e. The van der Waals surface area contributed by atoms with Crippen molar-refractivity contribution >= 4 is 5.97 Å². The Morgan fingerprint density at radius 2 is 2.00 bits per heavy atom. The highest BCUT2D eigenvalue weighted by atomic mass is 16.6. The number of nitrogens with one attached hydrogen (secondary N) is 1. The van der Waals surface area contributed by atoms with E-state index in [4.69, 9.17) is 9.47 Å². The van der Waals surface area contributed by atoms with Gasteiger partial charge in [-0.25, -0.2) is 4.79 Å². The van der Waals surface area contributed by atoms with Gasteiger partial charge in [-0.15, -0.1) is 0 Å². The van der Waals surface area contributed by atoms with Crippen molar-refractivity contribution in [3.8, 4) is 0 Å². The Labute approximate surface area is 97.7 Å². The van der Waals surface area contributed by atoms with Crippen molar-refractivity contribution in [2.24, 2.45) is 5.41 Å². The van der Waals surface area contributed by atoms with Crippen molar-refractivity contribution in [1.29, 1.82) is 0 Å². The monoisotopic (exact) mass is 229 g/mol. The van der Waals surface area contributed by atoms with Gasteiger partial charge in [0, 0.05) is 11.0 Å². The maximum absolute atomic E-state index is 11.6. The Morgan fingerprint density at radius 3 is 2.44 bits per heavy atom. The van der Waals surface area contributed by atoms with Gasteiger partial charge in [0.15, 0.2) is 6.10 Å². The van der Waals surface area contributed by atoms with Crippen molar-refractivity contribution < 1.29 is 14.3 Å². The summed E-state index contributed by atoms with van der Waals surface area (Å²) in [7, 11) is 1.39. The minimum absolute atomic E-state index is 0.0139. The van der Waals surface area contributed by atoms with Crippen LogP contribution < -0.4 is 5.32 Å². The molecular formula is C12H23NO3. The highest BCUT2D eigenvalue weighted by Crippen LogP contribution is 2.33. The number of rotatable bonds is 2. The summed E-state index contributed by atoms with van der Waals surface area (Å²) in [5.41, 5.74) is -0.117. The van der Waals surface area contributed by atoms with Crippen molar-refractivity contribution in [3.05, 3.63) is 0 Å². The average Bonchev–Trinajstić information content (AvgIpc) is 2.39. The topological polar surface area (TPSA) is 47.6 Å². The normalized spacial score (nSPS) is 29.1. The van der Waals surface area contributed by atoms with Crippen LogP contribution in [0.25, 0.3) is 0 Å². The van der Waals surface area contributed by atoms with Crippen LogP contribution >= 0.6 is 0 Å². The number of carbonyl (C=O) groups excluding carboxylic acids is 1. The summed E-state index contributed by atoms with van der Waals surface area (Å²) in [6.07, 6.45) is -0.501. The van der Waals surface area contributed by atoms with Crippen LogP contribution in [0.3, 0.4) is 0 Å². The summed E-state index contributed by atoms with van der Waals surface area (Å²) >= 11 is 0. The van der Waals surface area contributed by atoms with Crippen LogP contribution in [-0.4, -0.2) is 37.4 Å². The maximum Gasteiger partial charge on any atom is 0.336 e. The molecule has 0 amide bonds. The van der Waals surface area contributed by atoms with Gasteiger partial charge in [-0.1, -0.05) is 13.8 Å². The first-order valence-corrected chi connectivity index (χ1v) is 5.64. The lowest BCUT2D eigenvalue weighted by Crippen LogP contribution is -2.55. The summed E-state index contributed by atoms with van der Waals surface area (Å²) in [5.74, 6) is -0.299. The summed E-state index contributed by atoms with van der Waals surface area (Å²) in [5, 5.41) is 3.45. The van der Waals surface area contributed by atoms with E-state index in [1.54, 1.807) is 0 Å². The number of hydrogen-bond acceptors (Lipinski definition) is 4. The maximum atomic E-state index is 11.6. The Hall–Kier alpha value is -0.610. The van der Waals surface area contributed by atoms with Gasteiger partial charge in [-0.2, -0.15) is 0 Å². The molecule has 16 heavy (non-hydrogen) atoms. The van der Waals surface area contributed by atoms with Gasteiger partial charge in [-0.05, 0) is 20.8 Å². The molecule has 1 aliphatic rings. The second-order valence-corrected chi connectivity index (χ2v) is 6.12. The first-order valence-electron chi connectivity index (χ1n) is 5.64. The van der Waals surface area contributed by atoms with Crippen molar-refractivity contribution in [1.82, 2.24) is 5.32 Å². The molecule has 1 aliphatic heterocycles. The molecule has 0 saturated carbocycles. The number of esters is 1. The molecule has 0 aromatic rings. The molecule has 1 rings (SSSR count). The molecule has 0 bridgehead atoms.